The van der Waals surface area contributed by atoms with Crippen molar-refractivity contribution in [2.24, 2.45) is 5.92 Å². The van der Waals surface area contributed by atoms with Crippen molar-refractivity contribution in [2.45, 2.75) is 25.4 Å². The number of hydrogen-bond acceptors (Lipinski definition) is 5. The zero-order chi connectivity index (χ0) is 20.3. The SMILES string of the molecule is O=C(NCC1CCC1)Oc1cnc(Nc2c(Cl)cccc2Cl)nc1C(F)(F)F. The Bertz CT molecular complexity index is 856. The summed E-state index contributed by atoms with van der Waals surface area (Å²) in [6.45, 7) is 0.353. The molecule has 0 aliphatic heterocycles. The zero-order valence-electron chi connectivity index (χ0n) is 14.3. The van der Waals surface area contributed by atoms with Gasteiger partial charge in [-0.25, -0.2) is 14.8 Å². The van der Waals surface area contributed by atoms with Crippen molar-refractivity contribution < 1.29 is 22.7 Å². The maximum atomic E-state index is 13.4. The van der Waals surface area contributed by atoms with E-state index in [0.29, 0.717) is 12.5 Å². The number of amides is 1. The van der Waals surface area contributed by atoms with Gasteiger partial charge in [0.2, 0.25) is 5.95 Å². The van der Waals surface area contributed by atoms with Gasteiger partial charge in [0.15, 0.2) is 11.4 Å². The maximum absolute atomic E-state index is 13.4. The molecule has 6 nitrogen and oxygen atoms in total. The second-order valence-electron chi connectivity index (χ2n) is 6.19. The van der Waals surface area contributed by atoms with Crippen molar-refractivity contribution in [2.75, 3.05) is 11.9 Å². The Hall–Kier alpha value is -2.26. The lowest BCUT2D eigenvalue weighted by atomic mass is 9.85. The maximum Gasteiger partial charge on any atom is 0.437 e. The van der Waals surface area contributed by atoms with Gasteiger partial charge in [-0.1, -0.05) is 35.7 Å². The van der Waals surface area contributed by atoms with Crippen LogP contribution in [0.25, 0.3) is 0 Å². The highest BCUT2D eigenvalue weighted by Gasteiger charge is 2.38. The molecule has 11 heteroatoms. The predicted octanol–water partition coefficient (Wildman–Crippen LogP) is 5.43. The highest BCUT2D eigenvalue weighted by atomic mass is 35.5. The summed E-state index contributed by atoms with van der Waals surface area (Å²) in [6.07, 6.45) is -2.06. The molecule has 1 aliphatic rings. The largest absolute Gasteiger partial charge is 0.437 e. The zero-order valence-corrected chi connectivity index (χ0v) is 15.8. The van der Waals surface area contributed by atoms with Gasteiger partial charge in [0.05, 0.1) is 21.9 Å². The number of aromatic nitrogens is 2. The van der Waals surface area contributed by atoms with Crippen LogP contribution in [0.4, 0.5) is 29.6 Å². The molecule has 0 bridgehead atoms. The quantitative estimate of drug-likeness (QED) is 0.655. The number of carbonyl (C=O) groups is 1. The third kappa shape index (κ3) is 4.96. The third-order valence-electron chi connectivity index (χ3n) is 4.19. The van der Waals surface area contributed by atoms with Gasteiger partial charge in [0.1, 0.15) is 0 Å². The number of nitrogens with one attached hydrogen (secondary N) is 2. The molecule has 2 aromatic rings. The molecule has 1 aromatic carbocycles. The second kappa shape index (κ2) is 8.40. The minimum absolute atomic E-state index is 0.158. The fourth-order valence-electron chi connectivity index (χ4n) is 2.50. The Balaban J connectivity index is 1.78. The van der Waals surface area contributed by atoms with Crippen LogP contribution in [0.3, 0.4) is 0 Å². The van der Waals surface area contributed by atoms with Crippen molar-refractivity contribution >= 4 is 40.9 Å². The van der Waals surface area contributed by atoms with E-state index in [4.69, 9.17) is 27.9 Å². The predicted molar refractivity (Wildman–Crippen MR) is 98.1 cm³/mol. The minimum atomic E-state index is -4.87. The number of anilines is 2. The summed E-state index contributed by atoms with van der Waals surface area (Å²) in [4.78, 5) is 19.0. The molecule has 1 saturated carbocycles. The Morgan fingerprint density at radius 3 is 2.50 bits per heavy atom. The van der Waals surface area contributed by atoms with Crippen molar-refractivity contribution in [3.05, 3.63) is 40.1 Å². The Morgan fingerprint density at radius 2 is 1.93 bits per heavy atom. The number of rotatable bonds is 5. The first-order chi connectivity index (χ1) is 13.2. The first kappa shape index (κ1) is 20.5. The molecule has 2 N–H and O–H groups in total. The Labute approximate surface area is 168 Å². The topological polar surface area (TPSA) is 76.1 Å². The van der Waals surface area contributed by atoms with Gasteiger partial charge in [0.25, 0.3) is 0 Å². The molecule has 0 saturated heterocycles. The van der Waals surface area contributed by atoms with E-state index >= 15 is 0 Å². The summed E-state index contributed by atoms with van der Waals surface area (Å²) in [5.41, 5.74) is -1.24. The standard InChI is InChI=1S/C17H15Cl2F3N4O2/c18-10-5-2-6-11(19)13(10)25-15-23-8-12(14(26-15)17(20,21)22)28-16(27)24-7-9-3-1-4-9/h2,5-6,8-9H,1,3-4,7H2,(H,24,27)(H,23,25,26). The molecule has 150 valence electrons. The van der Waals surface area contributed by atoms with Crippen LogP contribution in [0.2, 0.25) is 10.0 Å². The van der Waals surface area contributed by atoms with Crippen LogP contribution in [-0.2, 0) is 6.18 Å². The number of alkyl halides is 3. The lowest BCUT2D eigenvalue weighted by Gasteiger charge is -2.25. The van der Waals surface area contributed by atoms with E-state index < -0.39 is 29.7 Å². The van der Waals surface area contributed by atoms with E-state index in [1.54, 1.807) is 6.07 Å². The van der Waals surface area contributed by atoms with Crippen LogP contribution in [0.5, 0.6) is 5.75 Å². The highest BCUT2D eigenvalue weighted by molar-refractivity contribution is 6.39. The average Bonchev–Trinajstić information content (AvgIpc) is 2.57. The molecule has 1 aliphatic carbocycles. The number of para-hydroxylation sites is 1. The van der Waals surface area contributed by atoms with E-state index in [9.17, 15) is 18.0 Å². The Kier molecular flexibility index (Phi) is 6.14. The van der Waals surface area contributed by atoms with Gasteiger partial charge in [-0.05, 0) is 30.9 Å². The average molecular weight is 435 g/mol. The summed E-state index contributed by atoms with van der Waals surface area (Å²) in [7, 11) is 0. The molecule has 28 heavy (non-hydrogen) atoms. The molecule has 1 amide bonds. The number of benzene rings is 1. The lowest BCUT2D eigenvalue weighted by Crippen LogP contribution is -2.34. The molecule has 1 aromatic heterocycles. The van der Waals surface area contributed by atoms with Gasteiger partial charge in [-0.15, -0.1) is 0 Å². The molecule has 0 spiro atoms. The van der Waals surface area contributed by atoms with Crippen LogP contribution in [0, 0.1) is 5.92 Å². The molecule has 0 unspecified atom stereocenters. The van der Waals surface area contributed by atoms with E-state index in [0.717, 1.165) is 25.5 Å². The molecule has 3 rings (SSSR count). The first-order valence-corrected chi connectivity index (χ1v) is 9.10. The molecule has 1 fully saturated rings. The first-order valence-electron chi connectivity index (χ1n) is 8.35. The fraction of sp³-hybridized carbons (Fsp3) is 0.353. The molecule has 1 heterocycles. The second-order valence-corrected chi connectivity index (χ2v) is 7.01. The van der Waals surface area contributed by atoms with Gasteiger partial charge >= 0.3 is 12.3 Å². The van der Waals surface area contributed by atoms with Crippen LogP contribution >= 0.6 is 23.2 Å². The van der Waals surface area contributed by atoms with Crippen LogP contribution < -0.4 is 15.4 Å². The highest BCUT2D eigenvalue weighted by Crippen LogP contribution is 2.37. The molecule has 0 atom stereocenters. The van der Waals surface area contributed by atoms with Gasteiger partial charge < -0.3 is 15.4 Å². The van der Waals surface area contributed by atoms with E-state index in [2.05, 4.69) is 20.6 Å². The number of nitrogens with zero attached hydrogens (tertiary/aromatic N) is 2. The van der Waals surface area contributed by atoms with Crippen molar-refractivity contribution in [3.8, 4) is 5.75 Å². The fourth-order valence-corrected chi connectivity index (χ4v) is 2.99. The molecular weight excluding hydrogens is 420 g/mol. The molecule has 0 radical (unpaired) electrons. The minimum Gasteiger partial charge on any atom is -0.406 e. The number of halogens is 5. The summed E-state index contributed by atoms with van der Waals surface area (Å²) in [5.74, 6) is -0.864. The lowest BCUT2D eigenvalue weighted by molar-refractivity contribution is -0.142. The van der Waals surface area contributed by atoms with E-state index in [-0.39, 0.29) is 15.7 Å². The number of hydrogen-bond donors (Lipinski definition) is 2. The molecular formula is C17H15Cl2F3N4O2. The van der Waals surface area contributed by atoms with Crippen molar-refractivity contribution in [1.29, 1.82) is 0 Å². The summed E-state index contributed by atoms with van der Waals surface area (Å²) < 4.78 is 44.9. The van der Waals surface area contributed by atoms with Crippen LogP contribution in [0.15, 0.2) is 24.4 Å². The van der Waals surface area contributed by atoms with Gasteiger partial charge in [-0.2, -0.15) is 13.2 Å². The van der Waals surface area contributed by atoms with E-state index in [1.165, 1.54) is 12.1 Å². The van der Waals surface area contributed by atoms with Gasteiger partial charge in [-0.3, -0.25) is 0 Å². The number of carbonyl (C=O) groups excluding carboxylic acids is 1. The van der Waals surface area contributed by atoms with Gasteiger partial charge in [0, 0.05) is 6.54 Å². The summed E-state index contributed by atoms with van der Waals surface area (Å²) in [6, 6.07) is 4.59. The number of ether oxygens (including phenoxy) is 1. The van der Waals surface area contributed by atoms with Crippen LogP contribution in [-0.4, -0.2) is 22.6 Å². The van der Waals surface area contributed by atoms with Crippen molar-refractivity contribution in [3.63, 3.8) is 0 Å². The monoisotopic (exact) mass is 434 g/mol. The summed E-state index contributed by atoms with van der Waals surface area (Å²) in [5, 5.41) is 5.35. The normalized spacial score (nSPS) is 14.3. The van der Waals surface area contributed by atoms with Crippen LogP contribution in [0.1, 0.15) is 25.0 Å². The Morgan fingerprint density at radius 1 is 1.25 bits per heavy atom. The summed E-state index contributed by atoms with van der Waals surface area (Å²) >= 11 is 12.0. The smallest absolute Gasteiger partial charge is 0.406 e. The van der Waals surface area contributed by atoms with E-state index in [1.807, 2.05) is 0 Å². The third-order valence-corrected chi connectivity index (χ3v) is 4.82. The van der Waals surface area contributed by atoms with Crippen molar-refractivity contribution in [1.82, 2.24) is 15.3 Å².